The third-order valence-electron chi connectivity index (χ3n) is 3.79. The van der Waals surface area contributed by atoms with Gasteiger partial charge in [-0.1, -0.05) is 13.8 Å². The Morgan fingerprint density at radius 3 is 2.78 bits per heavy atom. The van der Waals surface area contributed by atoms with Crippen molar-refractivity contribution in [2.45, 2.75) is 52.3 Å². The maximum Gasteiger partial charge on any atom is 0.169 e. The summed E-state index contributed by atoms with van der Waals surface area (Å²) in [5.41, 5.74) is 6.13. The van der Waals surface area contributed by atoms with Crippen LogP contribution in [0.5, 0.6) is 5.75 Å². The molecule has 2 atom stereocenters. The Hall–Kier alpha value is -1.29. The van der Waals surface area contributed by atoms with Crippen molar-refractivity contribution in [2.24, 2.45) is 11.1 Å². The first kappa shape index (κ1) is 13.1. The van der Waals surface area contributed by atoms with E-state index in [1.807, 2.05) is 26.0 Å². The topological polar surface area (TPSA) is 60.2 Å². The minimum Gasteiger partial charge on any atom is -0.487 e. The fraction of sp³-hybridized carbons (Fsp3) is 0.643. The summed E-state index contributed by atoms with van der Waals surface area (Å²) in [6.07, 6.45) is 2.90. The second-order valence-electron chi connectivity index (χ2n) is 5.88. The second kappa shape index (κ2) is 4.76. The highest BCUT2D eigenvalue weighted by molar-refractivity contribution is 5.51. The summed E-state index contributed by atoms with van der Waals surface area (Å²) in [4.78, 5) is 4.37. The van der Waals surface area contributed by atoms with Gasteiger partial charge in [-0.2, -0.15) is 0 Å². The zero-order valence-electron chi connectivity index (χ0n) is 11.6. The van der Waals surface area contributed by atoms with Gasteiger partial charge in [0.05, 0.1) is 6.10 Å². The van der Waals surface area contributed by atoms with Crippen molar-refractivity contribution in [2.75, 3.05) is 5.32 Å². The Kier molecular flexibility index (Phi) is 3.48. The molecule has 0 bridgehead atoms. The summed E-state index contributed by atoms with van der Waals surface area (Å²) in [5, 5.41) is 3.46. The lowest BCUT2D eigenvalue weighted by Crippen LogP contribution is -2.61. The van der Waals surface area contributed by atoms with E-state index in [9.17, 15) is 0 Å². The Labute approximate surface area is 109 Å². The molecule has 0 saturated heterocycles. The van der Waals surface area contributed by atoms with Gasteiger partial charge in [0.1, 0.15) is 0 Å². The molecule has 2 rings (SSSR count). The van der Waals surface area contributed by atoms with Crippen LogP contribution in [0.25, 0.3) is 0 Å². The molecule has 0 amide bonds. The fourth-order valence-electron chi connectivity index (χ4n) is 2.22. The van der Waals surface area contributed by atoms with Crippen molar-refractivity contribution in [1.29, 1.82) is 0 Å². The summed E-state index contributed by atoms with van der Waals surface area (Å²) in [5.74, 6) is 1.62. The minimum atomic E-state index is 0.104. The van der Waals surface area contributed by atoms with Gasteiger partial charge in [0.25, 0.3) is 0 Å². The number of anilines is 1. The van der Waals surface area contributed by atoms with Gasteiger partial charge in [-0.3, -0.25) is 0 Å². The SMILES string of the molecule is CC(C)Oc1cccnc1NC1CC(N)C1(C)C. The molecule has 1 fully saturated rings. The van der Waals surface area contributed by atoms with Gasteiger partial charge in [0, 0.05) is 23.7 Å². The van der Waals surface area contributed by atoms with Crippen LogP contribution in [0, 0.1) is 5.41 Å². The van der Waals surface area contributed by atoms with Crippen molar-refractivity contribution >= 4 is 5.82 Å². The largest absolute Gasteiger partial charge is 0.487 e. The molecule has 100 valence electrons. The van der Waals surface area contributed by atoms with Crippen molar-refractivity contribution in [3.8, 4) is 5.75 Å². The zero-order valence-corrected chi connectivity index (χ0v) is 11.6. The molecule has 1 saturated carbocycles. The van der Waals surface area contributed by atoms with Crippen LogP contribution in [-0.2, 0) is 0 Å². The van der Waals surface area contributed by atoms with Crippen molar-refractivity contribution < 1.29 is 4.74 Å². The van der Waals surface area contributed by atoms with E-state index in [0.717, 1.165) is 18.0 Å². The van der Waals surface area contributed by atoms with Crippen LogP contribution in [0.1, 0.15) is 34.1 Å². The number of hydrogen-bond donors (Lipinski definition) is 2. The number of aromatic nitrogens is 1. The Bertz CT molecular complexity index is 417. The predicted octanol–water partition coefficient (Wildman–Crippen LogP) is 2.41. The molecule has 0 radical (unpaired) electrons. The lowest BCUT2D eigenvalue weighted by atomic mass is 9.63. The summed E-state index contributed by atoms with van der Waals surface area (Å²) in [6, 6.07) is 4.45. The molecule has 4 heteroatoms. The first-order valence-electron chi connectivity index (χ1n) is 6.55. The van der Waals surface area contributed by atoms with E-state index >= 15 is 0 Å². The second-order valence-corrected chi connectivity index (χ2v) is 5.88. The van der Waals surface area contributed by atoms with Crippen LogP contribution in [-0.4, -0.2) is 23.2 Å². The smallest absolute Gasteiger partial charge is 0.169 e. The number of nitrogens with two attached hydrogens (primary N) is 1. The Morgan fingerprint density at radius 2 is 2.22 bits per heavy atom. The number of nitrogens with one attached hydrogen (secondary N) is 1. The molecular formula is C14H23N3O. The van der Waals surface area contributed by atoms with Crippen LogP contribution in [0.2, 0.25) is 0 Å². The Morgan fingerprint density at radius 1 is 1.50 bits per heavy atom. The highest BCUT2D eigenvalue weighted by Gasteiger charge is 2.46. The molecule has 1 heterocycles. The van der Waals surface area contributed by atoms with Gasteiger partial charge in [0.2, 0.25) is 0 Å². The minimum absolute atomic E-state index is 0.104. The normalized spacial score (nSPS) is 25.7. The highest BCUT2D eigenvalue weighted by Crippen LogP contribution is 2.41. The average Bonchev–Trinajstić information content (AvgIpc) is 2.30. The molecule has 4 nitrogen and oxygen atoms in total. The monoisotopic (exact) mass is 249 g/mol. The number of pyridine rings is 1. The van der Waals surface area contributed by atoms with Crippen LogP contribution in [0.15, 0.2) is 18.3 Å². The van der Waals surface area contributed by atoms with Crippen molar-refractivity contribution in [3.63, 3.8) is 0 Å². The van der Waals surface area contributed by atoms with Crippen molar-refractivity contribution in [1.82, 2.24) is 4.98 Å². The molecule has 3 N–H and O–H groups in total. The summed E-state index contributed by atoms with van der Waals surface area (Å²) < 4.78 is 5.75. The van der Waals surface area contributed by atoms with E-state index in [1.54, 1.807) is 6.20 Å². The first-order valence-corrected chi connectivity index (χ1v) is 6.55. The molecule has 1 aliphatic rings. The number of nitrogens with zero attached hydrogens (tertiary/aromatic N) is 1. The van der Waals surface area contributed by atoms with Gasteiger partial charge in [-0.25, -0.2) is 4.98 Å². The van der Waals surface area contributed by atoms with Crippen LogP contribution in [0.4, 0.5) is 5.82 Å². The highest BCUT2D eigenvalue weighted by atomic mass is 16.5. The maximum atomic E-state index is 6.03. The third-order valence-corrected chi connectivity index (χ3v) is 3.79. The van der Waals surface area contributed by atoms with Gasteiger partial charge >= 0.3 is 0 Å². The predicted molar refractivity (Wildman–Crippen MR) is 73.8 cm³/mol. The fourth-order valence-corrected chi connectivity index (χ4v) is 2.22. The van der Waals surface area contributed by atoms with Crippen LogP contribution >= 0.6 is 0 Å². The van der Waals surface area contributed by atoms with E-state index in [1.165, 1.54) is 0 Å². The van der Waals surface area contributed by atoms with Gasteiger partial charge in [0.15, 0.2) is 11.6 Å². The summed E-state index contributed by atoms with van der Waals surface area (Å²) in [6.45, 7) is 8.40. The van der Waals surface area contributed by atoms with E-state index in [4.69, 9.17) is 10.5 Å². The lowest BCUT2D eigenvalue weighted by Gasteiger charge is -2.50. The van der Waals surface area contributed by atoms with Gasteiger partial charge < -0.3 is 15.8 Å². The number of hydrogen-bond acceptors (Lipinski definition) is 4. The van der Waals surface area contributed by atoms with Crippen LogP contribution < -0.4 is 15.8 Å². The zero-order chi connectivity index (χ0) is 13.3. The molecule has 1 aromatic rings. The molecule has 0 aliphatic heterocycles. The Balaban J connectivity index is 2.10. The molecule has 18 heavy (non-hydrogen) atoms. The first-order chi connectivity index (χ1) is 8.41. The average molecular weight is 249 g/mol. The number of ether oxygens (including phenoxy) is 1. The summed E-state index contributed by atoms with van der Waals surface area (Å²) in [7, 11) is 0. The standard InChI is InChI=1S/C14H23N3O/c1-9(2)18-10-6-5-7-16-13(10)17-12-8-11(15)14(12,3)4/h5-7,9,11-12H,8,15H2,1-4H3,(H,16,17). The molecule has 0 spiro atoms. The number of rotatable bonds is 4. The lowest BCUT2D eigenvalue weighted by molar-refractivity contribution is 0.116. The molecule has 2 unspecified atom stereocenters. The van der Waals surface area contributed by atoms with Gasteiger partial charge in [-0.05, 0) is 32.4 Å². The third kappa shape index (κ3) is 2.43. The van der Waals surface area contributed by atoms with E-state index in [-0.39, 0.29) is 17.6 Å². The maximum absolute atomic E-state index is 6.03. The molecular weight excluding hydrogens is 226 g/mol. The van der Waals surface area contributed by atoms with E-state index in [0.29, 0.717) is 6.04 Å². The molecule has 1 aromatic heterocycles. The molecule has 1 aliphatic carbocycles. The summed E-state index contributed by atoms with van der Waals surface area (Å²) >= 11 is 0. The van der Waals surface area contributed by atoms with Crippen LogP contribution in [0.3, 0.4) is 0 Å². The van der Waals surface area contributed by atoms with Crippen molar-refractivity contribution in [3.05, 3.63) is 18.3 Å². The van der Waals surface area contributed by atoms with E-state index < -0.39 is 0 Å². The van der Waals surface area contributed by atoms with E-state index in [2.05, 4.69) is 24.1 Å². The molecule has 0 aromatic carbocycles. The van der Waals surface area contributed by atoms with Gasteiger partial charge in [-0.15, -0.1) is 0 Å². The quantitative estimate of drug-likeness (QED) is 0.860.